The molecule has 2 rings (SSSR count). The lowest BCUT2D eigenvalue weighted by Gasteiger charge is -2.17. The highest BCUT2D eigenvalue weighted by atomic mass is 15.3. The molecule has 0 spiro atoms. The first-order valence-electron chi connectivity index (χ1n) is 8.10. The van der Waals surface area contributed by atoms with Gasteiger partial charge in [-0.2, -0.15) is 0 Å². The van der Waals surface area contributed by atoms with Crippen molar-refractivity contribution in [2.75, 3.05) is 6.54 Å². The topological polar surface area (TPSA) is 67.1 Å². The fraction of sp³-hybridized carbons (Fsp3) is 0.471. The molecule has 124 valence electrons. The Kier molecular flexibility index (Phi) is 6.59. The summed E-state index contributed by atoms with van der Waals surface area (Å²) in [6.07, 6.45) is 3.80. The summed E-state index contributed by atoms with van der Waals surface area (Å²) in [4.78, 5) is 4.58. The maximum Gasteiger partial charge on any atom is 0.191 e. The summed E-state index contributed by atoms with van der Waals surface area (Å²) in [7, 11) is 1.92. The number of aromatic nitrogens is 3. The van der Waals surface area contributed by atoms with Gasteiger partial charge in [0.15, 0.2) is 11.8 Å². The van der Waals surface area contributed by atoms with Crippen molar-refractivity contribution < 1.29 is 0 Å². The van der Waals surface area contributed by atoms with Gasteiger partial charge in [-0.25, -0.2) is 4.99 Å². The fourth-order valence-electron chi connectivity index (χ4n) is 2.25. The zero-order valence-corrected chi connectivity index (χ0v) is 14.2. The SMILES string of the molecule is CCNC(=NCc1nncn1C)NC(C)CCc1ccccc1. The molecule has 0 aliphatic carbocycles. The smallest absolute Gasteiger partial charge is 0.191 e. The second-order valence-electron chi connectivity index (χ2n) is 5.62. The number of rotatable bonds is 7. The Morgan fingerprint density at radius 2 is 2.09 bits per heavy atom. The van der Waals surface area contributed by atoms with Gasteiger partial charge in [-0.15, -0.1) is 10.2 Å². The number of nitrogens with one attached hydrogen (secondary N) is 2. The van der Waals surface area contributed by atoms with Crippen molar-refractivity contribution in [3.8, 4) is 0 Å². The third-order valence-corrected chi connectivity index (χ3v) is 3.62. The second-order valence-corrected chi connectivity index (χ2v) is 5.62. The zero-order chi connectivity index (χ0) is 16.5. The molecule has 0 radical (unpaired) electrons. The molecule has 0 saturated heterocycles. The summed E-state index contributed by atoms with van der Waals surface area (Å²) in [5.74, 6) is 1.66. The van der Waals surface area contributed by atoms with Crippen LogP contribution in [-0.4, -0.2) is 33.3 Å². The summed E-state index contributed by atoms with van der Waals surface area (Å²) < 4.78 is 1.88. The molecule has 0 saturated carbocycles. The van der Waals surface area contributed by atoms with Crippen LogP contribution in [0, 0.1) is 0 Å². The lowest BCUT2D eigenvalue weighted by atomic mass is 10.1. The molecule has 23 heavy (non-hydrogen) atoms. The van der Waals surface area contributed by atoms with Crippen LogP contribution in [0.1, 0.15) is 31.7 Å². The van der Waals surface area contributed by atoms with Gasteiger partial charge in [0.2, 0.25) is 0 Å². The van der Waals surface area contributed by atoms with Crippen molar-refractivity contribution in [3.63, 3.8) is 0 Å². The Bertz CT molecular complexity index is 605. The van der Waals surface area contributed by atoms with Gasteiger partial charge in [-0.1, -0.05) is 30.3 Å². The number of guanidine groups is 1. The molecule has 6 nitrogen and oxygen atoms in total. The van der Waals surface area contributed by atoms with Crippen LogP contribution in [0.4, 0.5) is 0 Å². The largest absolute Gasteiger partial charge is 0.357 e. The number of benzene rings is 1. The second kappa shape index (κ2) is 8.92. The molecule has 1 heterocycles. The van der Waals surface area contributed by atoms with E-state index in [1.807, 2.05) is 17.7 Å². The average molecular weight is 314 g/mol. The van der Waals surface area contributed by atoms with Crippen LogP contribution in [-0.2, 0) is 20.0 Å². The first kappa shape index (κ1) is 17.0. The summed E-state index contributed by atoms with van der Waals surface area (Å²) in [6.45, 7) is 5.58. The van der Waals surface area contributed by atoms with Gasteiger partial charge in [-0.05, 0) is 32.3 Å². The number of nitrogens with zero attached hydrogens (tertiary/aromatic N) is 4. The molecule has 1 aromatic carbocycles. The summed E-state index contributed by atoms with van der Waals surface area (Å²) in [5.41, 5.74) is 1.36. The van der Waals surface area contributed by atoms with Crippen molar-refractivity contribution in [2.45, 2.75) is 39.3 Å². The average Bonchev–Trinajstić information content (AvgIpc) is 2.97. The normalized spacial score (nSPS) is 12.9. The third kappa shape index (κ3) is 5.73. The van der Waals surface area contributed by atoms with Crippen LogP contribution in [0.5, 0.6) is 0 Å². The Labute approximate surface area is 138 Å². The van der Waals surface area contributed by atoms with Gasteiger partial charge in [0.05, 0.1) is 0 Å². The van der Waals surface area contributed by atoms with E-state index < -0.39 is 0 Å². The van der Waals surface area contributed by atoms with E-state index in [2.05, 4.69) is 63.9 Å². The number of hydrogen-bond acceptors (Lipinski definition) is 3. The van der Waals surface area contributed by atoms with Gasteiger partial charge in [0.25, 0.3) is 0 Å². The minimum absolute atomic E-state index is 0.340. The molecule has 2 N–H and O–H groups in total. The van der Waals surface area contributed by atoms with E-state index in [-0.39, 0.29) is 0 Å². The van der Waals surface area contributed by atoms with E-state index in [9.17, 15) is 0 Å². The molecule has 0 bridgehead atoms. The molecular formula is C17H26N6. The van der Waals surface area contributed by atoms with Crippen molar-refractivity contribution in [2.24, 2.45) is 12.0 Å². The Morgan fingerprint density at radius 3 is 2.74 bits per heavy atom. The first-order valence-corrected chi connectivity index (χ1v) is 8.10. The highest BCUT2D eigenvalue weighted by Gasteiger charge is 2.06. The van der Waals surface area contributed by atoms with Gasteiger partial charge >= 0.3 is 0 Å². The Balaban J connectivity index is 1.86. The maximum absolute atomic E-state index is 4.58. The van der Waals surface area contributed by atoms with Crippen LogP contribution in [0.25, 0.3) is 0 Å². The predicted octanol–water partition coefficient (Wildman–Crippen LogP) is 1.89. The van der Waals surface area contributed by atoms with Crippen LogP contribution in [0.3, 0.4) is 0 Å². The third-order valence-electron chi connectivity index (χ3n) is 3.62. The predicted molar refractivity (Wildman–Crippen MR) is 93.2 cm³/mol. The molecule has 0 aliphatic rings. The lowest BCUT2D eigenvalue weighted by Crippen LogP contribution is -2.42. The van der Waals surface area contributed by atoms with Crippen LogP contribution in [0.15, 0.2) is 41.7 Å². The van der Waals surface area contributed by atoms with Gasteiger partial charge in [0, 0.05) is 19.6 Å². The van der Waals surface area contributed by atoms with Crippen molar-refractivity contribution >= 4 is 5.96 Å². The summed E-state index contributed by atoms with van der Waals surface area (Å²) in [5, 5.41) is 14.7. The lowest BCUT2D eigenvalue weighted by molar-refractivity contribution is 0.592. The van der Waals surface area contributed by atoms with Gasteiger partial charge in [-0.3, -0.25) is 0 Å². The monoisotopic (exact) mass is 314 g/mol. The molecule has 0 fully saturated rings. The summed E-state index contributed by atoms with van der Waals surface area (Å²) in [6, 6.07) is 10.9. The molecule has 1 atom stereocenters. The van der Waals surface area contributed by atoms with E-state index in [1.165, 1.54) is 5.56 Å². The Hall–Kier alpha value is -2.37. The molecule has 1 unspecified atom stereocenters. The van der Waals surface area contributed by atoms with E-state index in [1.54, 1.807) is 6.33 Å². The molecule has 6 heteroatoms. The van der Waals surface area contributed by atoms with E-state index >= 15 is 0 Å². The first-order chi connectivity index (χ1) is 11.2. The van der Waals surface area contributed by atoms with Crippen LogP contribution in [0.2, 0.25) is 0 Å². The van der Waals surface area contributed by atoms with E-state index in [0.29, 0.717) is 12.6 Å². The van der Waals surface area contributed by atoms with Crippen molar-refractivity contribution in [3.05, 3.63) is 48.0 Å². The molecule has 2 aromatic rings. The maximum atomic E-state index is 4.58. The zero-order valence-electron chi connectivity index (χ0n) is 14.2. The van der Waals surface area contributed by atoms with E-state index in [0.717, 1.165) is 31.2 Å². The molecular weight excluding hydrogens is 288 g/mol. The summed E-state index contributed by atoms with van der Waals surface area (Å²) >= 11 is 0. The Morgan fingerprint density at radius 1 is 1.30 bits per heavy atom. The van der Waals surface area contributed by atoms with Crippen molar-refractivity contribution in [1.29, 1.82) is 0 Å². The fourth-order valence-corrected chi connectivity index (χ4v) is 2.25. The molecule has 0 aliphatic heterocycles. The van der Waals surface area contributed by atoms with Gasteiger partial charge in [0.1, 0.15) is 12.9 Å². The molecule has 1 aromatic heterocycles. The van der Waals surface area contributed by atoms with Crippen LogP contribution < -0.4 is 10.6 Å². The standard InChI is InChI=1S/C17H26N6/c1-4-18-17(19-12-16-22-20-13-23(16)3)21-14(2)10-11-15-8-6-5-7-9-15/h5-9,13-14H,4,10-12H2,1-3H3,(H2,18,19,21). The minimum atomic E-state index is 0.340. The minimum Gasteiger partial charge on any atom is -0.357 e. The van der Waals surface area contributed by atoms with Crippen LogP contribution >= 0.6 is 0 Å². The van der Waals surface area contributed by atoms with E-state index in [4.69, 9.17) is 0 Å². The quantitative estimate of drug-likeness (QED) is 0.605. The highest BCUT2D eigenvalue weighted by Crippen LogP contribution is 2.04. The highest BCUT2D eigenvalue weighted by molar-refractivity contribution is 5.79. The number of aryl methyl sites for hydroxylation is 2. The number of hydrogen-bond donors (Lipinski definition) is 2. The number of aliphatic imine (C=N–C) groups is 1. The molecule has 0 amide bonds. The van der Waals surface area contributed by atoms with Gasteiger partial charge < -0.3 is 15.2 Å². The van der Waals surface area contributed by atoms with Crippen molar-refractivity contribution in [1.82, 2.24) is 25.4 Å².